The highest BCUT2D eigenvalue weighted by atomic mass is 16.3. The molecule has 3 rings (SSSR count). The molecule has 0 amide bonds. The number of piperidine rings is 1. The van der Waals surface area contributed by atoms with Crippen molar-refractivity contribution in [1.29, 1.82) is 0 Å². The molecule has 0 aromatic heterocycles. The average Bonchev–Trinajstić information content (AvgIpc) is 2.70. The van der Waals surface area contributed by atoms with Gasteiger partial charge in [0.25, 0.3) is 0 Å². The topological polar surface area (TPSA) is 24.7 Å². The Morgan fingerprint density at radius 3 is 2.71 bits per heavy atom. The molecule has 2 aliphatic rings. The van der Waals surface area contributed by atoms with Crippen LogP contribution in [0.3, 0.4) is 0 Å². The molecule has 2 aliphatic heterocycles. The van der Waals surface area contributed by atoms with Gasteiger partial charge in [-0.3, -0.25) is 0 Å². The third-order valence-corrected chi connectivity index (χ3v) is 4.69. The van der Waals surface area contributed by atoms with Gasteiger partial charge in [0.15, 0.2) is 0 Å². The highest BCUT2D eigenvalue weighted by Gasteiger charge is 2.51. The lowest BCUT2D eigenvalue weighted by Gasteiger charge is -2.34. The summed E-state index contributed by atoms with van der Waals surface area (Å²) in [5.74, 6) is 0. The van der Waals surface area contributed by atoms with Crippen molar-refractivity contribution < 1.29 is 10.0 Å². The van der Waals surface area contributed by atoms with Crippen LogP contribution in [0.4, 0.5) is 0 Å². The van der Waals surface area contributed by atoms with E-state index in [1.165, 1.54) is 31.4 Å². The van der Waals surface area contributed by atoms with Crippen LogP contribution in [0.25, 0.3) is 0 Å². The molecule has 0 saturated carbocycles. The lowest BCUT2D eigenvalue weighted by molar-refractivity contribution is -0.921. The largest absolute Gasteiger partial charge is 0.379 e. The Labute approximate surface area is 103 Å². The summed E-state index contributed by atoms with van der Waals surface area (Å²) in [6.45, 7) is 4.48. The predicted molar refractivity (Wildman–Crippen MR) is 68.0 cm³/mol. The molecule has 3 unspecified atom stereocenters. The minimum atomic E-state index is -0.566. The summed E-state index contributed by atoms with van der Waals surface area (Å²) >= 11 is 0. The van der Waals surface area contributed by atoms with Gasteiger partial charge in [-0.25, -0.2) is 0 Å². The highest BCUT2D eigenvalue weighted by Crippen LogP contribution is 2.34. The smallest absolute Gasteiger partial charge is 0.146 e. The second-order valence-electron chi connectivity index (χ2n) is 5.75. The normalized spacial score (nSPS) is 36.8. The van der Waals surface area contributed by atoms with E-state index < -0.39 is 5.60 Å². The first-order valence-corrected chi connectivity index (χ1v) is 6.84. The van der Waals surface area contributed by atoms with Crippen LogP contribution in [-0.4, -0.2) is 24.2 Å². The van der Waals surface area contributed by atoms with Crippen LogP contribution in [0.1, 0.15) is 36.8 Å². The van der Waals surface area contributed by atoms with Crippen LogP contribution in [-0.2, 0) is 5.60 Å². The molecule has 17 heavy (non-hydrogen) atoms. The molecule has 0 aliphatic carbocycles. The lowest BCUT2D eigenvalue weighted by Crippen LogP contribution is -3.15. The Kier molecular flexibility index (Phi) is 2.72. The van der Waals surface area contributed by atoms with Crippen LogP contribution >= 0.6 is 0 Å². The van der Waals surface area contributed by atoms with E-state index in [9.17, 15) is 5.11 Å². The first-order chi connectivity index (χ1) is 8.20. The Bertz CT molecular complexity index is 400. The van der Waals surface area contributed by atoms with Gasteiger partial charge in [-0.1, -0.05) is 29.8 Å². The van der Waals surface area contributed by atoms with Crippen molar-refractivity contribution in [1.82, 2.24) is 0 Å². The third kappa shape index (κ3) is 1.80. The molecule has 2 fully saturated rings. The van der Waals surface area contributed by atoms with Gasteiger partial charge in [0.2, 0.25) is 0 Å². The van der Waals surface area contributed by atoms with E-state index in [0.29, 0.717) is 6.04 Å². The molecule has 92 valence electrons. The van der Waals surface area contributed by atoms with Crippen molar-refractivity contribution in [2.45, 2.75) is 44.2 Å². The Morgan fingerprint density at radius 1 is 1.18 bits per heavy atom. The van der Waals surface area contributed by atoms with Gasteiger partial charge >= 0.3 is 0 Å². The number of hydrogen-bond acceptors (Lipinski definition) is 1. The fraction of sp³-hybridized carbons (Fsp3) is 0.600. The number of fused-ring (bicyclic) bond motifs is 1. The quantitative estimate of drug-likeness (QED) is 0.742. The molecule has 3 atom stereocenters. The lowest BCUT2D eigenvalue weighted by atomic mass is 9.83. The van der Waals surface area contributed by atoms with Crippen molar-refractivity contribution in [2.24, 2.45) is 0 Å². The van der Waals surface area contributed by atoms with Gasteiger partial charge in [-0.05, 0) is 25.3 Å². The number of hydrogen-bond donors (Lipinski definition) is 2. The number of rotatable bonds is 1. The zero-order chi connectivity index (χ0) is 11.9. The fourth-order valence-electron chi connectivity index (χ4n) is 3.67. The Balaban J connectivity index is 1.92. The summed E-state index contributed by atoms with van der Waals surface area (Å²) < 4.78 is 0. The number of aliphatic hydroxyl groups is 1. The maximum Gasteiger partial charge on any atom is 0.146 e. The highest BCUT2D eigenvalue weighted by molar-refractivity contribution is 5.28. The Morgan fingerprint density at radius 2 is 1.94 bits per heavy atom. The maximum absolute atomic E-state index is 11.0. The van der Waals surface area contributed by atoms with Crippen molar-refractivity contribution in [3.05, 3.63) is 35.4 Å². The summed E-state index contributed by atoms with van der Waals surface area (Å²) in [7, 11) is 0. The molecule has 2 saturated heterocycles. The molecule has 1 aromatic carbocycles. The molecule has 2 heteroatoms. The van der Waals surface area contributed by atoms with Gasteiger partial charge in [-0.2, -0.15) is 0 Å². The molecule has 1 aromatic rings. The average molecular weight is 232 g/mol. The number of quaternary nitrogens is 1. The van der Waals surface area contributed by atoms with Gasteiger partial charge in [0.1, 0.15) is 11.6 Å². The molecular formula is C15H22NO+. The van der Waals surface area contributed by atoms with Crippen molar-refractivity contribution >= 4 is 0 Å². The van der Waals surface area contributed by atoms with Crippen molar-refractivity contribution in [3.63, 3.8) is 0 Å². The van der Waals surface area contributed by atoms with Crippen LogP contribution in [0.2, 0.25) is 0 Å². The summed E-state index contributed by atoms with van der Waals surface area (Å²) in [5.41, 5.74) is 1.83. The second-order valence-corrected chi connectivity index (χ2v) is 5.75. The van der Waals surface area contributed by atoms with E-state index in [-0.39, 0.29) is 0 Å². The van der Waals surface area contributed by atoms with E-state index >= 15 is 0 Å². The van der Waals surface area contributed by atoms with Gasteiger partial charge < -0.3 is 10.0 Å². The van der Waals surface area contributed by atoms with Crippen LogP contribution in [0.5, 0.6) is 0 Å². The van der Waals surface area contributed by atoms with Crippen molar-refractivity contribution in [2.75, 3.05) is 13.1 Å². The standard InChI is InChI=1S/C15H21NO/c1-12-5-7-13(8-6-12)15(17)9-11-16-10-3-2-4-14(15)16/h5-8,14,17H,2-4,9-11H2,1H3/p+1. The first-order valence-electron chi connectivity index (χ1n) is 6.84. The van der Waals surface area contributed by atoms with E-state index in [0.717, 1.165) is 18.5 Å². The molecule has 0 spiro atoms. The van der Waals surface area contributed by atoms with Crippen LogP contribution in [0, 0.1) is 6.92 Å². The second kappa shape index (κ2) is 4.11. The SMILES string of the molecule is Cc1ccc(C2(O)CC[NH+]3CCCCC32)cc1. The summed E-state index contributed by atoms with van der Waals surface area (Å²) in [4.78, 5) is 1.62. The van der Waals surface area contributed by atoms with Crippen LogP contribution in [0.15, 0.2) is 24.3 Å². The number of benzene rings is 1. The maximum atomic E-state index is 11.0. The summed E-state index contributed by atoms with van der Waals surface area (Å²) in [6, 6.07) is 8.90. The zero-order valence-corrected chi connectivity index (χ0v) is 10.6. The molecule has 2 heterocycles. The minimum absolute atomic E-state index is 0.430. The van der Waals surface area contributed by atoms with Gasteiger partial charge in [-0.15, -0.1) is 0 Å². The van der Waals surface area contributed by atoms with E-state index in [4.69, 9.17) is 0 Å². The number of nitrogens with one attached hydrogen (secondary N) is 1. The molecule has 0 bridgehead atoms. The monoisotopic (exact) mass is 232 g/mol. The van der Waals surface area contributed by atoms with Crippen LogP contribution < -0.4 is 4.90 Å². The number of aryl methyl sites for hydroxylation is 1. The fourth-order valence-corrected chi connectivity index (χ4v) is 3.67. The molecule has 2 nitrogen and oxygen atoms in total. The predicted octanol–water partition coefficient (Wildman–Crippen LogP) is 1.02. The first kappa shape index (κ1) is 11.2. The summed E-state index contributed by atoms with van der Waals surface area (Å²) in [6.07, 6.45) is 4.72. The molecule has 0 radical (unpaired) electrons. The van der Waals surface area contributed by atoms with Crippen molar-refractivity contribution in [3.8, 4) is 0 Å². The van der Waals surface area contributed by atoms with Gasteiger partial charge in [0, 0.05) is 12.8 Å². The summed E-state index contributed by atoms with van der Waals surface area (Å²) in [5, 5.41) is 11.0. The zero-order valence-electron chi connectivity index (χ0n) is 10.6. The Hall–Kier alpha value is -0.860. The molecular weight excluding hydrogens is 210 g/mol. The molecule has 2 N–H and O–H groups in total. The minimum Gasteiger partial charge on any atom is -0.379 e. The van der Waals surface area contributed by atoms with Gasteiger partial charge in [0.05, 0.1) is 13.1 Å². The van der Waals surface area contributed by atoms with E-state index in [2.05, 4.69) is 31.2 Å². The third-order valence-electron chi connectivity index (χ3n) is 4.69. The van der Waals surface area contributed by atoms with E-state index in [1.54, 1.807) is 4.90 Å². The van der Waals surface area contributed by atoms with E-state index in [1.807, 2.05) is 0 Å².